The molecule has 2 rings (SSSR count). The van der Waals surface area contributed by atoms with E-state index in [0.717, 1.165) is 22.2 Å². The zero-order chi connectivity index (χ0) is 14.5. The maximum atomic E-state index is 6.10. The van der Waals surface area contributed by atoms with Crippen LogP contribution in [-0.4, -0.2) is 6.04 Å². The molecule has 20 heavy (non-hydrogen) atoms. The van der Waals surface area contributed by atoms with E-state index in [2.05, 4.69) is 35.0 Å². The SMILES string of the molecule is CCc1cccc(OC(c2ccc(Br)cc2)C(C)N)c1. The minimum absolute atomic E-state index is 0.0820. The van der Waals surface area contributed by atoms with Crippen LogP contribution in [0, 0.1) is 0 Å². The lowest BCUT2D eigenvalue weighted by Gasteiger charge is -2.23. The summed E-state index contributed by atoms with van der Waals surface area (Å²) in [6, 6.07) is 16.2. The Bertz CT molecular complexity index is 551. The lowest BCUT2D eigenvalue weighted by molar-refractivity contribution is 0.180. The fourth-order valence-electron chi connectivity index (χ4n) is 2.12. The Balaban J connectivity index is 2.23. The Hall–Kier alpha value is -1.32. The molecule has 0 aromatic heterocycles. The standard InChI is InChI=1S/C17H20BrNO/c1-3-13-5-4-6-16(11-13)20-17(12(2)19)14-7-9-15(18)10-8-14/h4-12,17H,3,19H2,1-2H3. The molecule has 0 amide bonds. The number of hydrogen-bond acceptors (Lipinski definition) is 2. The van der Waals surface area contributed by atoms with Crippen LogP contribution in [0.25, 0.3) is 0 Å². The first-order valence-electron chi connectivity index (χ1n) is 6.86. The van der Waals surface area contributed by atoms with Crippen LogP contribution in [0.15, 0.2) is 53.0 Å². The number of hydrogen-bond donors (Lipinski definition) is 1. The topological polar surface area (TPSA) is 35.2 Å². The molecular weight excluding hydrogens is 314 g/mol. The number of nitrogens with two attached hydrogens (primary N) is 1. The van der Waals surface area contributed by atoms with E-state index in [-0.39, 0.29) is 12.1 Å². The van der Waals surface area contributed by atoms with E-state index in [9.17, 15) is 0 Å². The molecule has 0 aliphatic rings. The first-order chi connectivity index (χ1) is 9.60. The van der Waals surface area contributed by atoms with Gasteiger partial charge in [-0.05, 0) is 48.7 Å². The number of rotatable bonds is 5. The van der Waals surface area contributed by atoms with E-state index in [1.807, 2.05) is 43.3 Å². The summed E-state index contributed by atoms with van der Waals surface area (Å²) in [5, 5.41) is 0. The van der Waals surface area contributed by atoms with Crippen molar-refractivity contribution in [3.05, 3.63) is 64.1 Å². The minimum atomic E-state index is -0.143. The van der Waals surface area contributed by atoms with E-state index >= 15 is 0 Å². The van der Waals surface area contributed by atoms with Crippen molar-refractivity contribution in [2.45, 2.75) is 32.4 Å². The highest BCUT2D eigenvalue weighted by atomic mass is 79.9. The monoisotopic (exact) mass is 333 g/mol. The minimum Gasteiger partial charge on any atom is -0.484 e. The summed E-state index contributed by atoms with van der Waals surface area (Å²) in [6.45, 7) is 4.10. The molecule has 0 aliphatic heterocycles. The Morgan fingerprint density at radius 2 is 1.85 bits per heavy atom. The summed E-state index contributed by atoms with van der Waals surface area (Å²) < 4.78 is 7.16. The summed E-state index contributed by atoms with van der Waals surface area (Å²) >= 11 is 3.45. The smallest absolute Gasteiger partial charge is 0.138 e. The van der Waals surface area contributed by atoms with Crippen LogP contribution < -0.4 is 10.5 Å². The van der Waals surface area contributed by atoms with Crippen molar-refractivity contribution in [1.29, 1.82) is 0 Å². The van der Waals surface area contributed by atoms with Crippen LogP contribution in [0.3, 0.4) is 0 Å². The molecular formula is C17H20BrNO. The third kappa shape index (κ3) is 3.84. The Labute approximate surface area is 129 Å². The number of aryl methyl sites for hydroxylation is 1. The fourth-order valence-corrected chi connectivity index (χ4v) is 2.38. The van der Waals surface area contributed by atoms with Gasteiger partial charge in [0, 0.05) is 10.5 Å². The molecule has 2 nitrogen and oxygen atoms in total. The van der Waals surface area contributed by atoms with Crippen LogP contribution in [0.2, 0.25) is 0 Å². The molecule has 0 saturated carbocycles. The van der Waals surface area contributed by atoms with Gasteiger partial charge in [-0.15, -0.1) is 0 Å². The molecule has 0 spiro atoms. The van der Waals surface area contributed by atoms with Crippen molar-refractivity contribution >= 4 is 15.9 Å². The highest BCUT2D eigenvalue weighted by Gasteiger charge is 2.18. The number of benzene rings is 2. The van der Waals surface area contributed by atoms with Gasteiger partial charge in [0.15, 0.2) is 0 Å². The zero-order valence-electron chi connectivity index (χ0n) is 11.8. The van der Waals surface area contributed by atoms with E-state index in [0.29, 0.717) is 0 Å². The molecule has 2 N–H and O–H groups in total. The molecule has 0 fully saturated rings. The van der Waals surface area contributed by atoms with E-state index in [1.165, 1.54) is 5.56 Å². The van der Waals surface area contributed by atoms with Crippen LogP contribution in [0.4, 0.5) is 0 Å². The third-order valence-corrected chi connectivity index (χ3v) is 3.77. The van der Waals surface area contributed by atoms with Crippen LogP contribution >= 0.6 is 15.9 Å². The maximum absolute atomic E-state index is 6.10. The average Bonchev–Trinajstić information content (AvgIpc) is 2.46. The van der Waals surface area contributed by atoms with Gasteiger partial charge in [0.25, 0.3) is 0 Å². The number of ether oxygens (including phenoxy) is 1. The van der Waals surface area contributed by atoms with Gasteiger partial charge in [-0.25, -0.2) is 0 Å². The van der Waals surface area contributed by atoms with Crippen molar-refractivity contribution in [2.24, 2.45) is 5.73 Å². The molecule has 0 saturated heterocycles. The van der Waals surface area contributed by atoms with Crippen LogP contribution in [-0.2, 0) is 6.42 Å². The molecule has 2 aromatic carbocycles. The van der Waals surface area contributed by atoms with Crippen molar-refractivity contribution in [1.82, 2.24) is 0 Å². The summed E-state index contributed by atoms with van der Waals surface area (Å²) in [4.78, 5) is 0. The molecule has 0 heterocycles. The van der Waals surface area contributed by atoms with Crippen molar-refractivity contribution in [2.75, 3.05) is 0 Å². The van der Waals surface area contributed by atoms with Gasteiger partial charge in [0.1, 0.15) is 11.9 Å². The molecule has 2 unspecified atom stereocenters. The van der Waals surface area contributed by atoms with Crippen molar-refractivity contribution < 1.29 is 4.74 Å². The molecule has 3 heteroatoms. The Kier molecular flexibility index (Phi) is 5.21. The van der Waals surface area contributed by atoms with Gasteiger partial charge in [-0.3, -0.25) is 0 Å². The van der Waals surface area contributed by atoms with E-state index < -0.39 is 0 Å². The average molecular weight is 334 g/mol. The predicted molar refractivity (Wildman–Crippen MR) is 87.0 cm³/mol. The molecule has 0 radical (unpaired) electrons. The van der Waals surface area contributed by atoms with Crippen molar-refractivity contribution in [3.8, 4) is 5.75 Å². The Morgan fingerprint density at radius 3 is 2.45 bits per heavy atom. The highest BCUT2D eigenvalue weighted by Crippen LogP contribution is 2.26. The van der Waals surface area contributed by atoms with E-state index in [1.54, 1.807) is 0 Å². The van der Waals surface area contributed by atoms with Crippen LogP contribution in [0.5, 0.6) is 5.75 Å². The summed E-state index contributed by atoms with van der Waals surface area (Å²) in [5.41, 5.74) is 8.44. The zero-order valence-corrected chi connectivity index (χ0v) is 13.4. The van der Waals surface area contributed by atoms with Crippen molar-refractivity contribution in [3.63, 3.8) is 0 Å². The summed E-state index contributed by atoms with van der Waals surface area (Å²) in [6.07, 6.45) is 0.855. The second-order valence-electron chi connectivity index (χ2n) is 4.95. The van der Waals surface area contributed by atoms with Gasteiger partial charge in [-0.2, -0.15) is 0 Å². The molecule has 0 bridgehead atoms. The first-order valence-corrected chi connectivity index (χ1v) is 7.66. The van der Waals surface area contributed by atoms with Gasteiger partial charge in [0.05, 0.1) is 0 Å². The summed E-state index contributed by atoms with van der Waals surface area (Å²) in [7, 11) is 0. The maximum Gasteiger partial charge on any atom is 0.138 e. The second kappa shape index (κ2) is 6.91. The number of halogens is 1. The summed E-state index contributed by atoms with van der Waals surface area (Å²) in [5.74, 6) is 0.870. The molecule has 106 valence electrons. The quantitative estimate of drug-likeness (QED) is 0.875. The van der Waals surface area contributed by atoms with Gasteiger partial charge < -0.3 is 10.5 Å². The third-order valence-electron chi connectivity index (χ3n) is 3.25. The normalized spacial score (nSPS) is 13.8. The predicted octanol–water partition coefficient (Wildman–Crippen LogP) is 4.48. The van der Waals surface area contributed by atoms with Gasteiger partial charge >= 0.3 is 0 Å². The lowest BCUT2D eigenvalue weighted by Crippen LogP contribution is -2.29. The lowest BCUT2D eigenvalue weighted by atomic mass is 10.0. The second-order valence-corrected chi connectivity index (χ2v) is 5.87. The molecule has 0 aliphatic carbocycles. The first kappa shape index (κ1) is 15.1. The largest absolute Gasteiger partial charge is 0.484 e. The van der Waals surface area contributed by atoms with Gasteiger partial charge in [-0.1, -0.05) is 47.1 Å². The highest BCUT2D eigenvalue weighted by molar-refractivity contribution is 9.10. The van der Waals surface area contributed by atoms with Gasteiger partial charge in [0.2, 0.25) is 0 Å². The molecule has 2 aromatic rings. The Morgan fingerprint density at radius 1 is 1.15 bits per heavy atom. The fraction of sp³-hybridized carbons (Fsp3) is 0.294. The van der Waals surface area contributed by atoms with E-state index in [4.69, 9.17) is 10.5 Å². The molecule has 2 atom stereocenters. The van der Waals surface area contributed by atoms with Crippen LogP contribution in [0.1, 0.15) is 31.1 Å².